The molecule has 0 aliphatic carbocycles. The number of likely N-dealkylation sites (tertiary alicyclic amines) is 1. The van der Waals surface area contributed by atoms with Crippen molar-refractivity contribution in [1.29, 1.82) is 5.26 Å². The quantitative estimate of drug-likeness (QED) is 0.523. The number of halogens is 3. The molecule has 0 radical (unpaired) electrons. The van der Waals surface area contributed by atoms with Crippen LogP contribution in [0.1, 0.15) is 30.5 Å². The van der Waals surface area contributed by atoms with Crippen LogP contribution in [0.3, 0.4) is 0 Å². The lowest BCUT2D eigenvalue weighted by Gasteiger charge is -2.31. The summed E-state index contributed by atoms with van der Waals surface area (Å²) in [6.07, 6.45) is -1.17. The minimum absolute atomic E-state index is 0.0362. The highest BCUT2D eigenvalue weighted by molar-refractivity contribution is 5.83. The highest BCUT2D eigenvalue weighted by Gasteiger charge is 2.36. The SMILES string of the molecule is CNC(=O)CN1CCC(CCOc2ncc(-c3cc4c(nnn4C)c(C#N)n3)cc2C(F)(F)F)CC1. The van der Waals surface area contributed by atoms with Crippen molar-refractivity contribution in [3.05, 3.63) is 29.6 Å². The van der Waals surface area contributed by atoms with Gasteiger partial charge in [0.1, 0.15) is 17.1 Å². The molecule has 36 heavy (non-hydrogen) atoms. The van der Waals surface area contributed by atoms with Crippen LogP contribution in [0.5, 0.6) is 5.88 Å². The van der Waals surface area contributed by atoms with Gasteiger partial charge in [0, 0.05) is 25.9 Å². The van der Waals surface area contributed by atoms with Gasteiger partial charge in [0.15, 0.2) is 5.69 Å². The molecule has 0 atom stereocenters. The lowest BCUT2D eigenvalue weighted by Crippen LogP contribution is -2.40. The van der Waals surface area contributed by atoms with Gasteiger partial charge in [-0.05, 0) is 50.4 Å². The van der Waals surface area contributed by atoms with Crippen LogP contribution in [-0.4, -0.2) is 69.1 Å². The first kappa shape index (κ1) is 25.3. The molecule has 0 unspecified atom stereocenters. The van der Waals surface area contributed by atoms with Crippen LogP contribution in [0.4, 0.5) is 13.2 Å². The van der Waals surface area contributed by atoms with Gasteiger partial charge in [-0.15, -0.1) is 5.10 Å². The summed E-state index contributed by atoms with van der Waals surface area (Å²) >= 11 is 0. The summed E-state index contributed by atoms with van der Waals surface area (Å²) in [7, 11) is 3.21. The van der Waals surface area contributed by atoms with Gasteiger partial charge in [-0.1, -0.05) is 5.21 Å². The Morgan fingerprint density at radius 2 is 2.06 bits per heavy atom. The number of aromatic nitrogens is 5. The number of nitriles is 1. The maximum atomic E-state index is 13.9. The van der Waals surface area contributed by atoms with Gasteiger partial charge >= 0.3 is 6.18 Å². The number of likely N-dealkylation sites (N-methyl/N-ethyl adjacent to an activating group) is 1. The monoisotopic (exact) mass is 502 g/mol. The molecule has 4 rings (SSSR count). The molecule has 10 nitrogen and oxygen atoms in total. The number of rotatable bonds is 7. The smallest absolute Gasteiger partial charge is 0.421 e. The molecule has 4 heterocycles. The van der Waals surface area contributed by atoms with Crippen LogP contribution in [0.25, 0.3) is 22.3 Å². The van der Waals surface area contributed by atoms with E-state index in [4.69, 9.17) is 4.74 Å². The van der Waals surface area contributed by atoms with Gasteiger partial charge in [-0.25, -0.2) is 14.6 Å². The van der Waals surface area contributed by atoms with Crippen molar-refractivity contribution in [2.24, 2.45) is 13.0 Å². The summed E-state index contributed by atoms with van der Waals surface area (Å²) in [5, 5.41) is 19.7. The zero-order valence-electron chi connectivity index (χ0n) is 19.8. The standard InChI is InChI=1S/C23H25F3N8O2/c1-28-20(35)13-34-6-3-14(4-7-34)5-8-36-22-16(23(24,25)26)9-15(12-29-22)17-10-19-21(18(11-27)30-17)31-32-33(19)2/h9-10,12,14H,3-8,13H2,1-2H3,(H,28,35). The number of piperidine rings is 1. The molecule has 1 fully saturated rings. The number of pyridine rings is 2. The Labute approximate surface area is 205 Å². The number of carbonyl (C=O) groups excluding carboxylic acids is 1. The predicted octanol–water partition coefficient (Wildman–Crippen LogP) is 2.54. The number of nitrogens with zero attached hydrogens (tertiary/aromatic N) is 7. The fraction of sp³-hybridized carbons (Fsp3) is 0.478. The topological polar surface area (TPSA) is 122 Å². The first-order chi connectivity index (χ1) is 17.2. The van der Waals surface area contributed by atoms with Gasteiger partial charge in [0.05, 0.1) is 24.4 Å². The number of amides is 1. The maximum absolute atomic E-state index is 13.9. The van der Waals surface area contributed by atoms with E-state index in [0.717, 1.165) is 32.0 Å². The van der Waals surface area contributed by atoms with Crippen molar-refractivity contribution < 1.29 is 22.7 Å². The molecule has 190 valence electrons. The zero-order chi connectivity index (χ0) is 25.9. The van der Waals surface area contributed by atoms with E-state index in [9.17, 15) is 23.2 Å². The van der Waals surface area contributed by atoms with Gasteiger partial charge in [-0.3, -0.25) is 9.69 Å². The van der Waals surface area contributed by atoms with E-state index in [1.165, 1.54) is 16.9 Å². The molecule has 0 aromatic carbocycles. The molecular weight excluding hydrogens is 477 g/mol. The molecule has 1 aliphatic heterocycles. The van der Waals surface area contributed by atoms with Gasteiger partial charge in [-0.2, -0.15) is 18.4 Å². The van der Waals surface area contributed by atoms with E-state index in [1.54, 1.807) is 14.1 Å². The molecule has 0 bridgehead atoms. The number of hydrogen-bond donors (Lipinski definition) is 1. The molecule has 1 N–H and O–H groups in total. The van der Waals surface area contributed by atoms with Crippen molar-refractivity contribution in [3.8, 4) is 23.2 Å². The van der Waals surface area contributed by atoms with E-state index >= 15 is 0 Å². The first-order valence-corrected chi connectivity index (χ1v) is 11.4. The van der Waals surface area contributed by atoms with Gasteiger partial charge in [0.2, 0.25) is 11.8 Å². The second kappa shape index (κ2) is 10.4. The van der Waals surface area contributed by atoms with E-state index in [0.29, 0.717) is 24.4 Å². The number of alkyl halides is 3. The van der Waals surface area contributed by atoms with Crippen molar-refractivity contribution in [3.63, 3.8) is 0 Å². The molecule has 0 saturated carbocycles. The van der Waals surface area contributed by atoms with Crippen LogP contribution in [-0.2, 0) is 18.0 Å². The van der Waals surface area contributed by atoms with E-state index in [2.05, 4.69) is 30.5 Å². The Morgan fingerprint density at radius 3 is 2.72 bits per heavy atom. The van der Waals surface area contributed by atoms with Crippen molar-refractivity contribution >= 4 is 16.9 Å². The third-order valence-electron chi connectivity index (χ3n) is 6.28. The Kier molecular flexibility index (Phi) is 7.35. The molecule has 3 aromatic heterocycles. The average molecular weight is 503 g/mol. The lowest BCUT2D eigenvalue weighted by molar-refractivity contribution is -0.139. The second-order valence-corrected chi connectivity index (χ2v) is 8.65. The summed E-state index contributed by atoms with van der Waals surface area (Å²) < 4.78 is 48.5. The summed E-state index contributed by atoms with van der Waals surface area (Å²) in [5.41, 5.74) is -0.0657. The number of ether oxygens (including phenoxy) is 1. The third-order valence-corrected chi connectivity index (χ3v) is 6.28. The molecular formula is C23H25F3N8O2. The van der Waals surface area contributed by atoms with Crippen molar-refractivity contribution in [2.75, 3.05) is 33.3 Å². The largest absolute Gasteiger partial charge is 0.477 e. The number of fused-ring (bicyclic) bond motifs is 1. The fourth-order valence-corrected chi connectivity index (χ4v) is 4.20. The summed E-state index contributed by atoms with van der Waals surface area (Å²) in [4.78, 5) is 21.7. The van der Waals surface area contributed by atoms with Crippen molar-refractivity contribution in [2.45, 2.75) is 25.4 Å². The Hall–Kier alpha value is -3.79. The first-order valence-electron chi connectivity index (χ1n) is 11.4. The van der Waals surface area contributed by atoms with Crippen LogP contribution in [0.15, 0.2) is 18.3 Å². The Morgan fingerprint density at radius 1 is 1.31 bits per heavy atom. The molecule has 1 aliphatic rings. The summed E-state index contributed by atoms with van der Waals surface area (Å²) in [6.45, 7) is 1.96. The minimum atomic E-state index is -4.69. The van der Waals surface area contributed by atoms with Crippen LogP contribution in [0.2, 0.25) is 0 Å². The van der Waals surface area contributed by atoms with Crippen LogP contribution < -0.4 is 10.1 Å². The Bertz CT molecular complexity index is 1290. The van der Waals surface area contributed by atoms with Gasteiger partial charge < -0.3 is 10.1 Å². The number of nitrogens with one attached hydrogen (secondary N) is 1. The molecule has 3 aromatic rings. The molecule has 0 spiro atoms. The van der Waals surface area contributed by atoms with E-state index in [-0.39, 0.29) is 35.0 Å². The van der Waals surface area contributed by atoms with Gasteiger partial charge in [0.25, 0.3) is 0 Å². The second-order valence-electron chi connectivity index (χ2n) is 8.65. The normalized spacial score (nSPS) is 15.1. The highest BCUT2D eigenvalue weighted by Crippen LogP contribution is 2.37. The maximum Gasteiger partial charge on any atom is 0.421 e. The number of carbonyl (C=O) groups is 1. The van der Waals surface area contributed by atoms with Crippen molar-refractivity contribution in [1.82, 2.24) is 35.2 Å². The van der Waals surface area contributed by atoms with Crippen LogP contribution in [0, 0.1) is 17.2 Å². The summed E-state index contributed by atoms with van der Waals surface area (Å²) in [5.74, 6) is -0.235. The summed E-state index contributed by atoms with van der Waals surface area (Å²) in [6, 6.07) is 4.35. The lowest BCUT2D eigenvalue weighted by atomic mass is 9.94. The molecule has 13 heteroatoms. The molecule has 1 saturated heterocycles. The Balaban J connectivity index is 1.47. The minimum Gasteiger partial charge on any atom is -0.477 e. The highest BCUT2D eigenvalue weighted by atomic mass is 19.4. The third kappa shape index (κ3) is 5.54. The van der Waals surface area contributed by atoms with Crippen LogP contribution >= 0.6 is 0 Å². The number of aryl methyl sites for hydroxylation is 1. The van der Waals surface area contributed by atoms with E-state index < -0.39 is 17.6 Å². The van der Waals surface area contributed by atoms with E-state index in [1.807, 2.05) is 6.07 Å². The fourth-order valence-electron chi connectivity index (χ4n) is 4.20. The zero-order valence-corrected chi connectivity index (χ0v) is 19.8. The number of hydrogen-bond acceptors (Lipinski definition) is 8. The molecule has 1 amide bonds. The predicted molar refractivity (Wildman–Crippen MR) is 123 cm³/mol. The average Bonchev–Trinajstić information content (AvgIpc) is 3.24.